The van der Waals surface area contributed by atoms with E-state index in [1.54, 1.807) is 6.08 Å². The molecule has 4 saturated carbocycles. The van der Waals surface area contributed by atoms with Crippen LogP contribution in [0.5, 0.6) is 0 Å². The van der Waals surface area contributed by atoms with E-state index in [-0.39, 0.29) is 33.5 Å². The zero-order valence-corrected chi connectivity index (χ0v) is 29.4. The van der Waals surface area contributed by atoms with Crippen LogP contribution >= 0.6 is 0 Å². The number of alkyl halides is 3. The summed E-state index contributed by atoms with van der Waals surface area (Å²) in [6, 6.07) is 0. The Morgan fingerprint density at radius 1 is 1.02 bits per heavy atom. The maximum Gasteiger partial charge on any atom is 0.534 e. The van der Waals surface area contributed by atoms with Crippen LogP contribution in [0.4, 0.5) is 13.2 Å². The Hall–Kier alpha value is -1.14. The Morgan fingerprint density at radius 3 is 2.41 bits per heavy atom. The molecule has 1 aliphatic heterocycles. The molecule has 0 unspecified atom stereocenters. The van der Waals surface area contributed by atoms with Gasteiger partial charge in [0.1, 0.15) is 12.5 Å². The summed E-state index contributed by atoms with van der Waals surface area (Å²) in [7, 11) is -5.72. The minimum absolute atomic E-state index is 0.0184. The van der Waals surface area contributed by atoms with E-state index in [2.05, 4.69) is 44.5 Å². The summed E-state index contributed by atoms with van der Waals surface area (Å²) in [5.74, 6) is 1.90. The minimum Gasteiger partial charge on any atom is -0.380 e. The van der Waals surface area contributed by atoms with Gasteiger partial charge >= 0.3 is 15.6 Å². The lowest BCUT2D eigenvalue weighted by atomic mass is 9.33. The average Bonchev–Trinajstić information content (AvgIpc) is 3.35. The van der Waals surface area contributed by atoms with Gasteiger partial charge in [-0.3, -0.25) is 4.90 Å². The number of allylic oxidation sites excluding steroid dienone is 3. The second-order valence-corrected chi connectivity index (χ2v) is 18.5. The van der Waals surface area contributed by atoms with Gasteiger partial charge in [0.25, 0.3) is 0 Å². The molecule has 0 spiro atoms. The molecule has 9 atom stereocenters. The average molecular weight is 673 g/mol. The van der Waals surface area contributed by atoms with E-state index in [9.17, 15) is 21.6 Å². The Bertz CT molecular complexity index is 1350. The quantitative estimate of drug-likeness (QED) is 0.129. The van der Waals surface area contributed by atoms with Gasteiger partial charge in [-0.2, -0.15) is 21.6 Å². The van der Waals surface area contributed by atoms with Gasteiger partial charge in [-0.05, 0) is 117 Å². The second kappa shape index (κ2) is 11.5. The second-order valence-electron chi connectivity index (χ2n) is 16.9. The van der Waals surface area contributed by atoms with Gasteiger partial charge in [0, 0.05) is 30.6 Å². The predicted octanol–water partition coefficient (Wildman–Crippen LogP) is 7.57. The first-order valence-corrected chi connectivity index (χ1v) is 18.8. The van der Waals surface area contributed by atoms with Gasteiger partial charge in [0.05, 0.1) is 6.61 Å². The fraction of sp³-hybridized carbons (Fsp3) is 0.886. The number of rotatable bonds is 7. The summed E-state index contributed by atoms with van der Waals surface area (Å²) in [6.45, 7) is 21.7. The monoisotopic (exact) mass is 672 g/mol. The zero-order valence-electron chi connectivity index (χ0n) is 28.6. The van der Waals surface area contributed by atoms with Crippen molar-refractivity contribution in [1.82, 2.24) is 10.2 Å². The lowest BCUT2D eigenvalue weighted by Crippen LogP contribution is -2.68. The highest BCUT2D eigenvalue weighted by Crippen LogP contribution is 2.76. The Labute approximate surface area is 274 Å². The molecule has 6 aliphatic rings. The van der Waals surface area contributed by atoms with Crippen LogP contribution in [-0.2, 0) is 24.1 Å². The van der Waals surface area contributed by atoms with Crippen LogP contribution in [0.3, 0.4) is 0 Å². The Balaban J connectivity index is 1.28. The summed E-state index contributed by atoms with van der Waals surface area (Å²) in [5.41, 5.74) is -4.90. The van der Waals surface area contributed by atoms with Crippen molar-refractivity contribution in [1.29, 1.82) is 0 Å². The Kier molecular flexibility index (Phi) is 8.65. The van der Waals surface area contributed by atoms with Crippen molar-refractivity contribution in [3.63, 3.8) is 0 Å². The molecular formula is C35H55F3N2O5S. The number of hydrogen-bond acceptors (Lipinski definition) is 7. The first-order chi connectivity index (χ1) is 21.3. The molecule has 7 nitrogen and oxygen atoms in total. The molecule has 46 heavy (non-hydrogen) atoms. The molecule has 11 heteroatoms. The minimum atomic E-state index is -5.72. The van der Waals surface area contributed by atoms with Crippen LogP contribution in [0, 0.1) is 51.2 Å². The van der Waals surface area contributed by atoms with Crippen LogP contribution < -0.4 is 5.32 Å². The third-order valence-corrected chi connectivity index (χ3v) is 15.7. The van der Waals surface area contributed by atoms with Crippen molar-refractivity contribution in [2.45, 2.75) is 110 Å². The predicted molar refractivity (Wildman–Crippen MR) is 170 cm³/mol. The number of nitrogens with one attached hydrogen (secondary N) is 1. The summed E-state index contributed by atoms with van der Waals surface area (Å²) in [6.07, 6.45) is 10.8. The van der Waals surface area contributed by atoms with Gasteiger partial charge < -0.3 is 9.50 Å². The van der Waals surface area contributed by atoms with Crippen LogP contribution in [-0.4, -0.2) is 57.3 Å². The summed E-state index contributed by atoms with van der Waals surface area (Å²) in [4.78, 5) is 12.6. The number of hydrogen-bond donors (Lipinski definition) is 1. The molecule has 0 bridgehead atoms. The highest BCUT2D eigenvalue weighted by atomic mass is 32.2. The first kappa shape index (κ1) is 34.7. The van der Waals surface area contributed by atoms with Gasteiger partial charge in [0.15, 0.2) is 0 Å². The van der Waals surface area contributed by atoms with Gasteiger partial charge in [-0.1, -0.05) is 46.8 Å². The molecular weight excluding hydrogens is 617 g/mol. The van der Waals surface area contributed by atoms with E-state index >= 15 is 0 Å². The van der Waals surface area contributed by atoms with Gasteiger partial charge in [0.2, 0.25) is 0 Å². The lowest BCUT2D eigenvalue weighted by molar-refractivity contribution is -0.342. The van der Waals surface area contributed by atoms with E-state index in [1.807, 2.05) is 13.8 Å². The van der Waals surface area contributed by atoms with Crippen molar-refractivity contribution in [2.24, 2.45) is 51.2 Å². The van der Waals surface area contributed by atoms with E-state index in [1.165, 1.54) is 18.4 Å². The molecule has 0 aromatic rings. The smallest absolute Gasteiger partial charge is 0.380 e. The Morgan fingerprint density at radius 2 is 1.76 bits per heavy atom. The normalized spacial score (nSPS) is 44.3. The fourth-order valence-corrected chi connectivity index (χ4v) is 13.0. The largest absolute Gasteiger partial charge is 0.534 e. The standard InChI is InChI=1S/C35H55F3N2O5S/c1-23(2)24-10-15-34(39-18-19-40-20-21-43-44-22-40)17-16-32(6)25(29(24)34)8-9-27-31(5)13-12-28(45-46(41,42)35(36,37)38)30(3,4)26(31)11-14-33(27,32)7/h12,24-27,29,39H,1,8-11,13-22H2,2-7H3/t24-,25+,26-,27+,29+,31-,32+,33+,34-/m0/s1. The molecule has 262 valence electrons. The van der Waals surface area contributed by atoms with E-state index in [0.717, 1.165) is 58.2 Å². The zero-order chi connectivity index (χ0) is 33.6. The molecule has 0 radical (unpaired) electrons. The van der Waals surface area contributed by atoms with Crippen LogP contribution in [0.25, 0.3) is 0 Å². The maximum absolute atomic E-state index is 13.3. The van der Waals surface area contributed by atoms with Crippen molar-refractivity contribution in [3.05, 3.63) is 24.0 Å². The highest BCUT2D eigenvalue weighted by molar-refractivity contribution is 7.87. The van der Waals surface area contributed by atoms with E-state index in [4.69, 9.17) is 14.0 Å². The molecule has 1 heterocycles. The lowest BCUT2D eigenvalue weighted by Gasteiger charge is -2.72. The molecule has 0 aromatic carbocycles. The topological polar surface area (TPSA) is 77.1 Å². The van der Waals surface area contributed by atoms with Crippen LogP contribution in [0.15, 0.2) is 24.0 Å². The molecule has 6 rings (SSSR count). The van der Waals surface area contributed by atoms with Crippen molar-refractivity contribution in [3.8, 4) is 0 Å². The van der Waals surface area contributed by atoms with E-state index in [0.29, 0.717) is 43.4 Å². The summed E-state index contributed by atoms with van der Waals surface area (Å²) < 4.78 is 68.9. The SMILES string of the molecule is C=C(C)[C@@H]1CC[C@]2(NCCN3CCOOC3)CC[C@]3(C)[C@H](CC[C@@H]4[C@@]5(C)CC=C(OS(=O)(=O)C(F)(F)F)C(C)(C)[C@@H]5CC[C@]43C)[C@@H]12. The molecule has 0 amide bonds. The highest BCUT2D eigenvalue weighted by Gasteiger charge is 2.70. The first-order valence-electron chi connectivity index (χ1n) is 17.4. The van der Waals surface area contributed by atoms with Crippen LogP contribution in [0.2, 0.25) is 0 Å². The van der Waals surface area contributed by atoms with Crippen molar-refractivity contribution >= 4 is 10.1 Å². The third-order valence-electron chi connectivity index (χ3n) is 14.8. The number of nitrogens with zero attached hydrogens (tertiary/aromatic N) is 1. The molecule has 5 aliphatic carbocycles. The number of halogens is 3. The van der Waals surface area contributed by atoms with Crippen molar-refractivity contribution in [2.75, 3.05) is 33.0 Å². The molecule has 5 fully saturated rings. The third kappa shape index (κ3) is 5.14. The van der Waals surface area contributed by atoms with Crippen molar-refractivity contribution < 1.29 is 35.5 Å². The number of fused-ring (bicyclic) bond motifs is 7. The maximum atomic E-state index is 13.3. The fourth-order valence-electron chi connectivity index (χ4n) is 12.4. The molecule has 0 aromatic heterocycles. The molecule has 1 saturated heterocycles. The molecule has 1 N–H and O–H groups in total. The van der Waals surface area contributed by atoms with Gasteiger partial charge in [-0.15, -0.1) is 0 Å². The van der Waals surface area contributed by atoms with E-state index < -0.39 is 21.0 Å². The summed E-state index contributed by atoms with van der Waals surface area (Å²) in [5, 5.41) is 4.13. The van der Waals surface area contributed by atoms with Gasteiger partial charge in [-0.25, -0.2) is 9.78 Å². The summed E-state index contributed by atoms with van der Waals surface area (Å²) >= 11 is 0. The van der Waals surface area contributed by atoms with Crippen LogP contribution in [0.1, 0.15) is 99.3 Å².